The van der Waals surface area contributed by atoms with Gasteiger partial charge in [-0.05, 0) is 51.9 Å². The van der Waals surface area contributed by atoms with Crippen molar-refractivity contribution in [2.75, 3.05) is 40.3 Å². The summed E-state index contributed by atoms with van der Waals surface area (Å²) in [4.78, 5) is 4.92. The van der Waals surface area contributed by atoms with Gasteiger partial charge in [0.2, 0.25) is 0 Å². The van der Waals surface area contributed by atoms with Crippen molar-refractivity contribution in [1.29, 1.82) is 0 Å². The highest BCUT2D eigenvalue weighted by atomic mass is 15.2. The third-order valence-electron chi connectivity index (χ3n) is 3.91. The number of likely N-dealkylation sites (N-methyl/N-ethyl adjacent to an activating group) is 2. The normalized spacial score (nSPS) is 26.4. The summed E-state index contributed by atoms with van der Waals surface area (Å²) in [6.07, 6.45) is 5.38. The first kappa shape index (κ1) is 13.1. The molecule has 2 aliphatic rings. The smallest absolute Gasteiger partial charge is 0.0223 e. The molecule has 1 atom stereocenters. The summed E-state index contributed by atoms with van der Waals surface area (Å²) in [6, 6.07) is 1.50. The van der Waals surface area contributed by atoms with Gasteiger partial charge < -0.3 is 10.2 Å². The minimum atomic E-state index is 0.714. The van der Waals surface area contributed by atoms with Gasteiger partial charge >= 0.3 is 0 Å². The van der Waals surface area contributed by atoms with Crippen molar-refractivity contribution in [3.05, 3.63) is 12.2 Å². The van der Waals surface area contributed by atoms with Crippen LogP contribution in [0.5, 0.6) is 0 Å². The Labute approximate surface area is 106 Å². The van der Waals surface area contributed by atoms with Gasteiger partial charge in [-0.15, -0.1) is 0 Å². The van der Waals surface area contributed by atoms with Crippen molar-refractivity contribution < 1.29 is 0 Å². The van der Waals surface area contributed by atoms with Crippen LogP contribution in [0.2, 0.25) is 0 Å². The standard InChI is InChI=1S/C14H27N3/c1-12(9-15-13-6-7-13)10-17(3)14-5-4-8-16(2)11-14/h13-15H,1,4-11H2,2-3H3. The van der Waals surface area contributed by atoms with Crippen LogP contribution < -0.4 is 5.32 Å². The van der Waals surface area contributed by atoms with Gasteiger partial charge in [-0.1, -0.05) is 6.58 Å². The lowest BCUT2D eigenvalue weighted by atomic mass is 10.0. The van der Waals surface area contributed by atoms with Crippen LogP contribution in [0.25, 0.3) is 0 Å². The highest BCUT2D eigenvalue weighted by Crippen LogP contribution is 2.19. The van der Waals surface area contributed by atoms with Crippen molar-refractivity contribution in [1.82, 2.24) is 15.1 Å². The molecule has 1 aliphatic carbocycles. The summed E-state index contributed by atoms with van der Waals surface area (Å²) >= 11 is 0. The van der Waals surface area contributed by atoms with Gasteiger partial charge in [0.15, 0.2) is 0 Å². The molecule has 1 N–H and O–H groups in total. The molecule has 1 aliphatic heterocycles. The summed E-state index contributed by atoms with van der Waals surface area (Å²) in [5.41, 5.74) is 1.33. The number of nitrogens with one attached hydrogen (secondary N) is 1. The molecule has 98 valence electrons. The van der Waals surface area contributed by atoms with Crippen LogP contribution in [-0.2, 0) is 0 Å². The fraction of sp³-hybridized carbons (Fsp3) is 0.857. The number of rotatable bonds is 6. The molecule has 0 amide bonds. The second kappa shape index (κ2) is 5.98. The molecule has 3 nitrogen and oxygen atoms in total. The maximum absolute atomic E-state index is 4.19. The molecule has 0 spiro atoms. The van der Waals surface area contributed by atoms with Crippen LogP contribution in [0.1, 0.15) is 25.7 Å². The summed E-state index contributed by atoms with van der Waals surface area (Å²) in [5.74, 6) is 0. The van der Waals surface area contributed by atoms with Crippen LogP contribution in [0.4, 0.5) is 0 Å². The highest BCUT2D eigenvalue weighted by molar-refractivity contribution is 5.02. The Morgan fingerprint density at radius 2 is 2.18 bits per heavy atom. The Kier molecular flexibility index (Phi) is 4.60. The molecule has 0 aromatic carbocycles. The lowest BCUT2D eigenvalue weighted by Crippen LogP contribution is -2.45. The zero-order valence-electron chi connectivity index (χ0n) is 11.4. The van der Waals surface area contributed by atoms with Crippen molar-refractivity contribution in [3.63, 3.8) is 0 Å². The number of hydrogen-bond donors (Lipinski definition) is 1. The molecular formula is C14H27N3. The number of nitrogens with zero attached hydrogens (tertiary/aromatic N) is 2. The van der Waals surface area contributed by atoms with Crippen molar-refractivity contribution >= 4 is 0 Å². The zero-order chi connectivity index (χ0) is 12.3. The Bertz CT molecular complexity index is 260. The average Bonchev–Trinajstić information content (AvgIpc) is 3.10. The number of likely N-dealkylation sites (tertiary alicyclic amines) is 1. The minimum Gasteiger partial charge on any atom is -0.310 e. The molecule has 3 heteroatoms. The van der Waals surface area contributed by atoms with Crippen LogP contribution in [0.3, 0.4) is 0 Å². The van der Waals surface area contributed by atoms with E-state index in [9.17, 15) is 0 Å². The summed E-state index contributed by atoms with van der Waals surface area (Å²) in [7, 11) is 4.47. The van der Waals surface area contributed by atoms with E-state index in [1.807, 2.05) is 0 Å². The van der Waals surface area contributed by atoms with E-state index in [4.69, 9.17) is 0 Å². The molecule has 0 bridgehead atoms. The molecule has 1 saturated carbocycles. The van der Waals surface area contributed by atoms with Gasteiger partial charge in [0.1, 0.15) is 0 Å². The van der Waals surface area contributed by atoms with Gasteiger partial charge in [0, 0.05) is 31.7 Å². The Balaban J connectivity index is 1.67. The SMILES string of the molecule is C=C(CNC1CC1)CN(C)C1CCCN(C)C1. The quantitative estimate of drug-likeness (QED) is 0.703. The lowest BCUT2D eigenvalue weighted by molar-refractivity contribution is 0.142. The van der Waals surface area contributed by atoms with Crippen molar-refractivity contribution in [3.8, 4) is 0 Å². The molecule has 2 rings (SSSR count). The van der Waals surface area contributed by atoms with E-state index in [0.717, 1.165) is 19.1 Å². The third kappa shape index (κ3) is 4.41. The van der Waals surface area contributed by atoms with Gasteiger partial charge in [-0.25, -0.2) is 0 Å². The molecule has 1 unspecified atom stereocenters. The Hall–Kier alpha value is -0.380. The molecule has 2 fully saturated rings. The first-order chi connectivity index (χ1) is 8.15. The molecule has 1 saturated heterocycles. The first-order valence-corrected chi connectivity index (χ1v) is 6.94. The van der Waals surface area contributed by atoms with Gasteiger partial charge in [0.25, 0.3) is 0 Å². The molecule has 17 heavy (non-hydrogen) atoms. The predicted molar refractivity (Wildman–Crippen MR) is 73.3 cm³/mol. The summed E-state index contributed by atoms with van der Waals surface area (Å²) < 4.78 is 0. The van der Waals surface area contributed by atoms with E-state index in [2.05, 4.69) is 35.8 Å². The van der Waals surface area contributed by atoms with E-state index >= 15 is 0 Å². The maximum Gasteiger partial charge on any atom is 0.0223 e. The Morgan fingerprint density at radius 3 is 2.82 bits per heavy atom. The Morgan fingerprint density at radius 1 is 1.41 bits per heavy atom. The van der Waals surface area contributed by atoms with E-state index in [1.165, 1.54) is 44.3 Å². The van der Waals surface area contributed by atoms with Gasteiger partial charge in [0.05, 0.1) is 0 Å². The molecule has 0 radical (unpaired) electrons. The fourth-order valence-electron chi connectivity index (χ4n) is 2.61. The van der Waals surface area contributed by atoms with E-state index in [0.29, 0.717) is 6.04 Å². The summed E-state index contributed by atoms with van der Waals surface area (Å²) in [6.45, 7) is 8.69. The zero-order valence-corrected chi connectivity index (χ0v) is 11.4. The van der Waals surface area contributed by atoms with Crippen LogP contribution in [0.15, 0.2) is 12.2 Å². The highest BCUT2D eigenvalue weighted by Gasteiger charge is 2.22. The average molecular weight is 237 g/mol. The minimum absolute atomic E-state index is 0.714. The van der Waals surface area contributed by atoms with Crippen LogP contribution >= 0.6 is 0 Å². The van der Waals surface area contributed by atoms with Crippen LogP contribution in [0, 0.1) is 0 Å². The van der Waals surface area contributed by atoms with Gasteiger partial charge in [-0.2, -0.15) is 0 Å². The third-order valence-corrected chi connectivity index (χ3v) is 3.91. The van der Waals surface area contributed by atoms with Crippen molar-refractivity contribution in [2.24, 2.45) is 0 Å². The maximum atomic E-state index is 4.19. The van der Waals surface area contributed by atoms with E-state index in [1.54, 1.807) is 0 Å². The number of piperidine rings is 1. The summed E-state index contributed by atoms with van der Waals surface area (Å²) in [5, 5.41) is 3.54. The van der Waals surface area contributed by atoms with Crippen molar-refractivity contribution in [2.45, 2.75) is 37.8 Å². The monoisotopic (exact) mass is 237 g/mol. The lowest BCUT2D eigenvalue weighted by Gasteiger charge is -2.36. The van der Waals surface area contributed by atoms with Crippen LogP contribution in [-0.4, -0.2) is 62.2 Å². The van der Waals surface area contributed by atoms with E-state index < -0.39 is 0 Å². The largest absolute Gasteiger partial charge is 0.310 e. The predicted octanol–water partition coefficient (Wildman–Crippen LogP) is 1.32. The molecule has 0 aromatic rings. The first-order valence-electron chi connectivity index (χ1n) is 6.94. The molecular weight excluding hydrogens is 210 g/mol. The van der Waals surface area contributed by atoms with Gasteiger partial charge in [-0.3, -0.25) is 4.90 Å². The second-order valence-corrected chi connectivity index (χ2v) is 5.88. The topological polar surface area (TPSA) is 18.5 Å². The van der Waals surface area contributed by atoms with E-state index in [-0.39, 0.29) is 0 Å². The molecule has 0 aromatic heterocycles. The fourth-order valence-corrected chi connectivity index (χ4v) is 2.61. The number of hydrogen-bond acceptors (Lipinski definition) is 3. The molecule has 1 heterocycles. The second-order valence-electron chi connectivity index (χ2n) is 5.88.